The fourth-order valence-electron chi connectivity index (χ4n) is 1.48. The van der Waals surface area contributed by atoms with Crippen LogP contribution in [-0.4, -0.2) is 0 Å². The quantitative estimate of drug-likeness (QED) is 0.698. The molecule has 2 aromatic rings. The lowest BCUT2D eigenvalue weighted by Crippen LogP contribution is -2.00. The van der Waals surface area contributed by atoms with Crippen molar-refractivity contribution in [3.05, 3.63) is 48.3 Å². The van der Waals surface area contributed by atoms with Crippen molar-refractivity contribution in [3.63, 3.8) is 0 Å². The molecule has 15 heavy (non-hydrogen) atoms. The van der Waals surface area contributed by atoms with Crippen molar-refractivity contribution in [2.75, 3.05) is 11.5 Å². The van der Waals surface area contributed by atoms with E-state index in [-0.39, 0.29) is 5.69 Å². The molecule has 0 aliphatic heterocycles. The van der Waals surface area contributed by atoms with Gasteiger partial charge in [0.15, 0.2) is 0 Å². The summed E-state index contributed by atoms with van der Waals surface area (Å²) in [7, 11) is 0. The first kappa shape index (κ1) is 9.52. The molecule has 0 amide bonds. The second kappa shape index (κ2) is 3.61. The van der Waals surface area contributed by atoms with Gasteiger partial charge >= 0.3 is 0 Å². The van der Waals surface area contributed by atoms with Crippen LogP contribution in [0.25, 0.3) is 11.1 Å². The molecule has 0 radical (unpaired) electrons. The Labute approximate surface area is 87.3 Å². The number of anilines is 2. The third-order valence-corrected chi connectivity index (χ3v) is 2.32. The first-order valence-electron chi connectivity index (χ1n) is 4.59. The van der Waals surface area contributed by atoms with E-state index in [2.05, 4.69) is 0 Å². The highest BCUT2D eigenvalue weighted by Gasteiger charge is 2.08. The van der Waals surface area contributed by atoms with Crippen LogP contribution in [0.3, 0.4) is 0 Å². The molecule has 3 heteroatoms. The van der Waals surface area contributed by atoms with Crippen LogP contribution in [0, 0.1) is 5.82 Å². The molecule has 0 aliphatic carbocycles. The Kier molecular flexibility index (Phi) is 2.29. The molecule has 0 aromatic heterocycles. The topological polar surface area (TPSA) is 52.0 Å². The number of rotatable bonds is 1. The zero-order valence-electron chi connectivity index (χ0n) is 8.07. The van der Waals surface area contributed by atoms with Crippen molar-refractivity contribution >= 4 is 11.4 Å². The lowest BCUT2D eigenvalue weighted by Gasteiger charge is -2.08. The third kappa shape index (κ3) is 1.64. The maximum Gasteiger partial charge on any atom is 0.148 e. The van der Waals surface area contributed by atoms with Gasteiger partial charge in [-0.2, -0.15) is 0 Å². The van der Waals surface area contributed by atoms with E-state index >= 15 is 0 Å². The molecule has 4 N–H and O–H groups in total. The van der Waals surface area contributed by atoms with E-state index in [0.717, 1.165) is 11.1 Å². The lowest BCUT2D eigenvalue weighted by atomic mass is 10.0. The summed E-state index contributed by atoms with van der Waals surface area (Å²) in [5.74, 6) is -0.479. The fraction of sp³-hybridized carbons (Fsp3) is 0. The summed E-state index contributed by atoms with van der Waals surface area (Å²) in [4.78, 5) is 0. The predicted octanol–water partition coefficient (Wildman–Crippen LogP) is 2.66. The average molecular weight is 202 g/mol. The second-order valence-corrected chi connectivity index (χ2v) is 3.29. The average Bonchev–Trinajstić information content (AvgIpc) is 2.27. The Bertz CT molecular complexity index is 480. The lowest BCUT2D eigenvalue weighted by molar-refractivity contribution is 0.633. The number of hydrogen-bond acceptors (Lipinski definition) is 2. The number of nitrogens with two attached hydrogens (primary N) is 2. The van der Waals surface area contributed by atoms with E-state index in [1.165, 1.54) is 6.07 Å². The summed E-state index contributed by atoms with van der Waals surface area (Å²) in [5.41, 5.74) is 13.3. The van der Waals surface area contributed by atoms with Gasteiger partial charge in [0.1, 0.15) is 5.82 Å². The molecule has 0 atom stereocenters. The Balaban J connectivity index is 2.60. The molecule has 0 unspecified atom stereocenters. The highest BCUT2D eigenvalue weighted by Crippen LogP contribution is 2.31. The monoisotopic (exact) mass is 202 g/mol. The Hall–Kier alpha value is -2.03. The van der Waals surface area contributed by atoms with Gasteiger partial charge in [0.25, 0.3) is 0 Å². The molecule has 2 aromatic carbocycles. The molecule has 0 saturated carbocycles. The highest BCUT2D eigenvalue weighted by atomic mass is 19.1. The first-order valence-corrected chi connectivity index (χ1v) is 4.59. The van der Waals surface area contributed by atoms with Gasteiger partial charge in [0.05, 0.1) is 11.4 Å². The first-order chi connectivity index (χ1) is 7.20. The summed E-state index contributed by atoms with van der Waals surface area (Å²) in [6.45, 7) is 0. The molecule has 0 heterocycles. The normalized spacial score (nSPS) is 10.2. The van der Waals surface area contributed by atoms with Crippen LogP contribution in [0.5, 0.6) is 0 Å². The van der Waals surface area contributed by atoms with Crippen molar-refractivity contribution in [2.24, 2.45) is 0 Å². The van der Waals surface area contributed by atoms with E-state index in [0.29, 0.717) is 5.69 Å². The van der Waals surface area contributed by atoms with Gasteiger partial charge in [0, 0.05) is 5.56 Å². The Morgan fingerprint density at radius 3 is 2.13 bits per heavy atom. The van der Waals surface area contributed by atoms with E-state index in [9.17, 15) is 4.39 Å². The summed E-state index contributed by atoms with van der Waals surface area (Å²) >= 11 is 0. The zero-order valence-corrected chi connectivity index (χ0v) is 8.07. The molecule has 0 aliphatic rings. The number of hydrogen-bond donors (Lipinski definition) is 2. The van der Waals surface area contributed by atoms with E-state index in [1.807, 2.05) is 30.3 Å². The van der Waals surface area contributed by atoms with Crippen molar-refractivity contribution in [1.82, 2.24) is 0 Å². The Morgan fingerprint density at radius 1 is 0.800 bits per heavy atom. The minimum Gasteiger partial charge on any atom is -0.396 e. The van der Waals surface area contributed by atoms with Crippen molar-refractivity contribution in [2.45, 2.75) is 0 Å². The van der Waals surface area contributed by atoms with Crippen LogP contribution in [0.2, 0.25) is 0 Å². The van der Waals surface area contributed by atoms with Crippen LogP contribution in [-0.2, 0) is 0 Å². The molecule has 0 fully saturated rings. The maximum atomic E-state index is 13.1. The van der Waals surface area contributed by atoms with Crippen LogP contribution in [0.1, 0.15) is 0 Å². The standard InChI is InChI=1S/C12H11FN2/c13-10-7-6-9(11(14)12(10)15)8-4-2-1-3-5-8/h1-7H,14-15H2. The molecular formula is C12H11FN2. The SMILES string of the molecule is Nc1c(F)ccc(-c2ccccc2)c1N. The van der Waals surface area contributed by atoms with Gasteiger partial charge in [-0.1, -0.05) is 30.3 Å². The van der Waals surface area contributed by atoms with Gasteiger partial charge in [-0.05, 0) is 17.7 Å². The van der Waals surface area contributed by atoms with Gasteiger partial charge in [-0.25, -0.2) is 4.39 Å². The molecule has 2 rings (SSSR count). The minimum atomic E-state index is -0.479. The third-order valence-electron chi connectivity index (χ3n) is 2.32. The van der Waals surface area contributed by atoms with Crippen molar-refractivity contribution in [1.29, 1.82) is 0 Å². The van der Waals surface area contributed by atoms with E-state index in [1.54, 1.807) is 6.07 Å². The molecule has 0 bridgehead atoms. The van der Waals surface area contributed by atoms with Gasteiger partial charge in [-0.3, -0.25) is 0 Å². The fourth-order valence-corrected chi connectivity index (χ4v) is 1.48. The number of halogens is 1. The van der Waals surface area contributed by atoms with Gasteiger partial charge in [0.2, 0.25) is 0 Å². The van der Waals surface area contributed by atoms with Crippen LogP contribution < -0.4 is 11.5 Å². The smallest absolute Gasteiger partial charge is 0.148 e. The largest absolute Gasteiger partial charge is 0.396 e. The van der Waals surface area contributed by atoms with Crippen LogP contribution in [0.15, 0.2) is 42.5 Å². The van der Waals surface area contributed by atoms with Crippen LogP contribution >= 0.6 is 0 Å². The van der Waals surface area contributed by atoms with E-state index < -0.39 is 5.82 Å². The van der Waals surface area contributed by atoms with Gasteiger partial charge < -0.3 is 11.5 Å². The summed E-state index contributed by atoms with van der Waals surface area (Å²) < 4.78 is 13.1. The molecule has 0 spiro atoms. The van der Waals surface area contributed by atoms with Crippen LogP contribution in [0.4, 0.5) is 15.8 Å². The zero-order chi connectivity index (χ0) is 10.8. The maximum absolute atomic E-state index is 13.1. The molecule has 76 valence electrons. The number of benzene rings is 2. The summed E-state index contributed by atoms with van der Waals surface area (Å²) in [6.07, 6.45) is 0. The minimum absolute atomic E-state index is 0.0105. The molecule has 2 nitrogen and oxygen atoms in total. The molecular weight excluding hydrogens is 191 g/mol. The van der Waals surface area contributed by atoms with E-state index in [4.69, 9.17) is 11.5 Å². The molecule has 0 saturated heterocycles. The summed E-state index contributed by atoms with van der Waals surface area (Å²) in [6, 6.07) is 12.5. The van der Waals surface area contributed by atoms with Gasteiger partial charge in [-0.15, -0.1) is 0 Å². The second-order valence-electron chi connectivity index (χ2n) is 3.29. The highest BCUT2D eigenvalue weighted by molar-refractivity contribution is 5.84. The van der Waals surface area contributed by atoms with Crippen molar-refractivity contribution < 1.29 is 4.39 Å². The van der Waals surface area contributed by atoms with Crippen molar-refractivity contribution in [3.8, 4) is 11.1 Å². The predicted molar refractivity (Wildman–Crippen MR) is 60.7 cm³/mol. The number of nitrogen functional groups attached to an aromatic ring is 2. The Morgan fingerprint density at radius 2 is 1.47 bits per heavy atom. The summed E-state index contributed by atoms with van der Waals surface area (Å²) in [5, 5.41) is 0.